The summed E-state index contributed by atoms with van der Waals surface area (Å²) in [6, 6.07) is 6.01. The summed E-state index contributed by atoms with van der Waals surface area (Å²) in [5.41, 5.74) is 2.71. The lowest BCUT2D eigenvalue weighted by Crippen LogP contribution is -2.53. The van der Waals surface area contributed by atoms with Crippen LogP contribution in [-0.2, 0) is 10.2 Å². The average Bonchev–Trinajstić information content (AvgIpc) is 2.95. The van der Waals surface area contributed by atoms with Gasteiger partial charge in [-0.05, 0) is 43.1 Å². The predicted molar refractivity (Wildman–Crippen MR) is 70.3 cm³/mol. The van der Waals surface area contributed by atoms with E-state index in [1.807, 2.05) is 12.1 Å². The molecular weight excluding hydrogens is 244 g/mol. The third-order valence-electron chi connectivity index (χ3n) is 4.56. The topological polar surface area (TPSA) is 67.3 Å². The van der Waals surface area contributed by atoms with Crippen LogP contribution in [0.4, 0.5) is 0 Å². The van der Waals surface area contributed by atoms with Crippen LogP contribution in [0, 0.1) is 5.92 Å². The SMILES string of the molecule is O=c1[nH]c2ccc(C3(C4CCNC4)COC3)cc2o1. The molecule has 2 aliphatic rings. The Kier molecular flexibility index (Phi) is 2.34. The maximum atomic E-state index is 11.2. The summed E-state index contributed by atoms with van der Waals surface area (Å²) in [5, 5.41) is 3.42. The molecule has 1 aromatic carbocycles. The van der Waals surface area contributed by atoms with Crippen LogP contribution in [0.1, 0.15) is 12.0 Å². The van der Waals surface area contributed by atoms with Crippen molar-refractivity contribution < 1.29 is 9.15 Å². The third kappa shape index (κ3) is 1.58. The standard InChI is InChI=1S/C14H16N2O3/c17-13-16-11-2-1-9(5-12(11)19-13)14(7-18-8-14)10-3-4-15-6-10/h1-2,5,10,15H,3-4,6-8H2,(H,16,17). The molecule has 2 aromatic rings. The molecule has 1 aromatic heterocycles. The lowest BCUT2D eigenvalue weighted by atomic mass is 9.68. The predicted octanol–water partition coefficient (Wildman–Crippen LogP) is 0.999. The number of oxazole rings is 1. The number of fused-ring (bicyclic) bond motifs is 1. The summed E-state index contributed by atoms with van der Waals surface area (Å²) in [6.45, 7) is 3.64. The van der Waals surface area contributed by atoms with Crippen LogP contribution in [-0.4, -0.2) is 31.3 Å². The van der Waals surface area contributed by atoms with Gasteiger partial charge in [-0.2, -0.15) is 0 Å². The van der Waals surface area contributed by atoms with E-state index >= 15 is 0 Å². The fourth-order valence-electron chi connectivity index (χ4n) is 3.34. The molecule has 2 fully saturated rings. The molecule has 19 heavy (non-hydrogen) atoms. The monoisotopic (exact) mass is 260 g/mol. The van der Waals surface area contributed by atoms with E-state index in [9.17, 15) is 4.79 Å². The second-order valence-electron chi connectivity index (χ2n) is 5.56. The second-order valence-corrected chi connectivity index (χ2v) is 5.56. The van der Waals surface area contributed by atoms with Crippen molar-refractivity contribution in [2.75, 3.05) is 26.3 Å². The van der Waals surface area contributed by atoms with E-state index in [2.05, 4.69) is 16.4 Å². The number of benzene rings is 1. The molecule has 1 atom stereocenters. The average molecular weight is 260 g/mol. The fraction of sp³-hybridized carbons (Fsp3) is 0.500. The molecular formula is C14H16N2O3. The molecule has 100 valence electrons. The highest BCUT2D eigenvalue weighted by atomic mass is 16.5. The summed E-state index contributed by atoms with van der Waals surface area (Å²) in [7, 11) is 0. The van der Waals surface area contributed by atoms with Crippen LogP contribution in [0.25, 0.3) is 11.1 Å². The number of rotatable bonds is 2. The van der Waals surface area contributed by atoms with Gasteiger partial charge in [-0.3, -0.25) is 4.98 Å². The van der Waals surface area contributed by atoms with Gasteiger partial charge in [-0.25, -0.2) is 4.79 Å². The maximum absolute atomic E-state index is 11.2. The van der Waals surface area contributed by atoms with Crippen LogP contribution in [0.15, 0.2) is 27.4 Å². The highest BCUT2D eigenvalue weighted by molar-refractivity contribution is 5.73. The molecule has 2 N–H and O–H groups in total. The van der Waals surface area contributed by atoms with Crippen molar-refractivity contribution in [1.82, 2.24) is 10.3 Å². The molecule has 0 amide bonds. The summed E-state index contributed by atoms with van der Waals surface area (Å²) < 4.78 is 10.7. The summed E-state index contributed by atoms with van der Waals surface area (Å²) >= 11 is 0. The molecule has 0 radical (unpaired) electrons. The highest BCUT2D eigenvalue weighted by Crippen LogP contribution is 2.42. The van der Waals surface area contributed by atoms with E-state index in [0.717, 1.165) is 31.8 Å². The van der Waals surface area contributed by atoms with Gasteiger partial charge in [0.25, 0.3) is 0 Å². The van der Waals surface area contributed by atoms with Gasteiger partial charge in [0.1, 0.15) is 0 Å². The number of aromatic amines is 1. The Labute approximate surface area is 109 Å². The van der Waals surface area contributed by atoms with Crippen LogP contribution < -0.4 is 11.1 Å². The largest absolute Gasteiger partial charge is 0.417 e. The first kappa shape index (κ1) is 11.3. The Morgan fingerprint density at radius 2 is 2.21 bits per heavy atom. The maximum Gasteiger partial charge on any atom is 0.417 e. The van der Waals surface area contributed by atoms with Crippen molar-refractivity contribution in [3.8, 4) is 0 Å². The molecule has 0 aliphatic carbocycles. The molecule has 0 saturated carbocycles. The van der Waals surface area contributed by atoms with Crippen molar-refractivity contribution >= 4 is 11.1 Å². The smallest absolute Gasteiger partial charge is 0.408 e. The number of ether oxygens (including phenoxy) is 1. The lowest BCUT2D eigenvalue weighted by molar-refractivity contribution is -0.0868. The van der Waals surface area contributed by atoms with Crippen molar-refractivity contribution in [2.45, 2.75) is 11.8 Å². The summed E-state index contributed by atoms with van der Waals surface area (Å²) in [5.74, 6) is 0.206. The van der Waals surface area contributed by atoms with Crippen molar-refractivity contribution in [3.05, 3.63) is 34.3 Å². The zero-order valence-electron chi connectivity index (χ0n) is 10.6. The number of aromatic nitrogens is 1. The molecule has 5 nitrogen and oxygen atoms in total. The molecule has 0 bridgehead atoms. The van der Waals surface area contributed by atoms with Crippen LogP contribution >= 0.6 is 0 Å². The summed E-state index contributed by atoms with van der Waals surface area (Å²) in [4.78, 5) is 13.9. The van der Waals surface area contributed by atoms with E-state index in [-0.39, 0.29) is 5.41 Å². The molecule has 2 aliphatic heterocycles. The molecule has 5 heteroatoms. The number of H-pyrrole nitrogens is 1. The van der Waals surface area contributed by atoms with Crippen LogP contribution in [0.3, 0.4) is 0 Å². The Hall–Kier alpha value is -1.59. The normalized spacial score (nSPS) is 25.6. The van der Waals surface area contributed by atoms with Gasteiger partial charge in [-0.15, -0.1) is 0 Å². The minimum Gasteiger partial charge on any atom is -0.408 e. The lowest BCUT2D eigenvalue weighted by Gasteiger charge is -2.46. The first-order valence-electron chi connectivity index (χ1n) is 6.70. The van der Waals surface area contributed by atoms with Crippen molar-refractivity contribution in [2.24, 2.45) is 5.92 Å². The first-order valence-corrected chi connectivity index (χ1v) is 6.70. The summed E-state index contributed by atoms with van der Waals surface area (Å²) in [6.07, 6.45) is 1.18. The van der Waals surface area contributed by atoms with Crippen molar-refractivity contribution in [1.29, 1.82) is 0 Å². The minimum atomic E-state index is -0.395. The molecule has 4 rings (SSSR count). The Morgan fingerprint density at radius 1 is 1.32 bits per heavy atom. The third-order valence-corrected chi connectivity index (χ3v) is 4.56. The Bertz CT molecular complexity index is 663. The van der Waals surface area contributed by atoms with Gasteiger partial charge < -0.3 is 14.5 Å². The van der Waals surface area contributed by atoms with Gasteiger partial charge in [0.2, 0.25) is 0 Å². The van der Waals surface area contributed by atoms with Gasteiger partial charge in [0.05, 0.1) is 18.7 Å². The van der Waals surface area contributed by atoms with E-state index in [1.165, 1.54) is 12.0 Å². The van der Waals surface area contributed by atoms with Gasteiger partial charge in [0, 0.05) is 5.41 Å². The second kappa shape index (κ2) is 3.95. The van der Waals surface area contributed by atoms with Crippen LogP contribution in [0.2, 0.25) is 0 Å². The van der Waals surface area contributed by atoms with Gasteiger partial charge in [-0.1, -0.05) is 6.07 Å². The number of nitrogens with one attached hydrogen (secondary N) is 2. The highest BCUT2D eigenvalue weighted by Gasteiger charge is 2.47. The van der Waals surface area contributed by atoms with Gasteiger partial charge >= 0.3 is 5.76 Å². The quantitative estimate of drug-likeness (QED) is 0.845. The fourth-order valence-corrected chi connectivity index (χ4v) is 3.34. The Balaban J connectivity index is 1.80. The molecule has 2 saturated heterocycles. The Morgan fingerprint density at radius 3 is 2.89 bits per heavy atom. The molecule has 0 spiro atoms. The van der Waals surface area contributed by atoms with E-state index in [0.29, 0.717) is 11.5 Å². The molecule has 3 heterocycles. The van der Waals surface area contributed by atoms with E-state index in [4.69, 9.17) is 9.15 Å². The molecule has 1 unspecified atom stereocenters. The van der Waals surface area contributed by atoms with E-state index in [1.54, 1.807) is 0 Å². The number of hydrogen-bond donors (Lipinski definition) is 2. The zero-order chi connectivity index (χ0) is 12.9. The van der Waals surface area contributed by atoms with E-state index < -0.39 is 5.76 Å². The van der Waals surface area contributed by atoms with Crippen LogP contribution in [0.5, 0.6) is 0 Å². The van der Waals surface area contributed by atoms with Gasteiger partial charge in [0.15, 0.2) is 5.58 Å². The van der Waals surface area contributed by atoms with Crippen molar-refractivity contribution in [3.63, 3.8) is 0 Å². The minimum absolute atomic E-state index is 0.0908. The number of hydrogen-bond acceptors (Lipinski definition) is 4. The first-order chi connectivity index (χ1) is 9.28. The zero-order valence-corrected chi connectivity index (χ0v) is 10.6.